The zero-order valence-corrected chi connectivity index (χ0v) is 12.2. The van der Waals surface area contributed by atoms with Gasteiger partial charge in [0.1, 0.15) is 0 Å². The minimum absolute atomic E-state index is 0.0669. The summed E-state index contributed by atoms with van der Waals surface area (Å²) in [6, 6.07) is 15.9. The Morgan fingerprint density at radius 3 is 2.36 bits per heavy atom. The predicted octanol–water partition coefficient (Wildman–Crippen LogP) is 2.66. The largest absolute Gasteiger partial charge is 0.294 e. The quantitative estimate of drug-likeness (QED) is 0.646. The molecular formula is C18H15NO3. The molecule has 2 aromatic rings. The van der Waals surface area contributed by atoms with Crippen molar-refractivity contribution in [1.29, 1.82) is 0 Å². The van der Waals surface area contributed by atoms with Crippen LogP contribution in [-0.4, -0.2) is 29.5 Å². The number of carbonyl (C=O) groups excluding carboxylic acids is 3. The van der Waals surface area contributed by atoms with Crippen molar-refractivity contribution >= 4 is 17.6 Å². The number of hydrogen-bond acceptors (Lipinski definition) is 3. The molecule has 3 rings (SSSR count). The molecule has 0 spiro atoms. The van der Waals surface area contributed by atoms with Crippen LogP contribution >= 0.6 is 0 Å². The van der Waals surface area contributed by atoms with Gasteiger partial charge in [-0.1, -0.05) is 48.5 Å². The molecule has 1 heterocycles. The van der Waals surface area contributed by atoms with Crippen LogP contribution in [0.15, 0.2) is 54.6 Å². The van der Waals surface area contributed by atoms with Gasteiger partial charge in [-0.2, -0.15) is 0 Å². The van der Waals surface area contributed by atoms with Gasteiger partial charge in [0.25, 0.3) is 5.91 Å². The molecular weight excluding hydrogens is 278 g/mol. The number of ketones is 1. The third-order valence-corrected chi connectivity index (χ3v) is 3.99. The lowest BCUT2D eigenvalue weighted by Crippen LogP contribution is -2.42. The number of rotatable bonds is 3. The summed E-state index contributed by atoms with van der Waals surface area (Å²) in [7, 11) is 1.46. The van der Waals surface area contributed by atoms with E-state index in [9.17, 15) is 14.4 Å². The number of amides is 2. The zero-order valence-electron chi connectivity index (χ0n) is 12.2. The summed E-state index contributed by atoms with van der Waals surface area (Å²) >= 11 is 0. The van der Waals surface area contributed by atoms with Gasteiger partial charge in [-0.25, -0.2) is 0 Å². The van der Waals surface area contributed by atoms with E-state index in [2.05, 4.69) is 0 Å². The van der Waals surface area contributed by atoms with E-state index in [1.54, 1.807) is 48.5 Å². The molecule has 110 valence electrons. The third kappa shape index (κ3) is 2.33. The fourth-order valence-electron chi connectivity index (χ4n) is 2.77. The summed E-state index contributed by atoms with van der Waals surface area (Å²) in [6.07, 6.45) is 0.0669. The number of Topliss-reactive ketones (excluding diaryl/α,β-unsaturated/α-hetero) is 1. The monoisotopic (exact) mass is 293 g/mol. The number of hydrogen-bond donors (Lipinski definition) is 0. The normalized spacial score (nSPS) is 17.3. The summed E-state index contributed by atoms with van der Waals surface area (Å²) in [6.45, 7) is 0. The fourth-order valence-corrected chi connectivity index (χ4v) is 2.77. The van der Waals surface area contributed by atoms with Crippen LogP contribution in [0.4, 0.5) is 0 Å². The van der Waals surface area contributed by atoms with E-state index in [1.165, 1.54) is 7.05 Å². The first-order valence-electron chi connectivity index (χ1n) is 7.08. The van der Waals surface area contributed by atoms with Crippen molar-refractivity contribution in [3.05, 3.63) is 71.3 Å². The summed E-state index contributed by atoms with van der Waals surface area (Å²) in [4.78, 5) is 38.1. The van der Waals surface area contributed by atoms with Crippen LogP contribution < -0.4 is 0 Å². The topological polar surface area (TPSA) is 54.5 Å². The number of nitrogens with zero attached hydrogens (tertiary/aromatic N) is 1. The summed E-state index contributed by atoms with van der Waals surface area (Å²) in [5.41, 5.74) is 1.71. The molecule has 22 heavy (non-hydrogen) atoms. The molecule has 0 saturated carbocycles. The van der Waals surface area contributed by atoms with Gasteiger partial charge in [-0.15, -0.1) is 0 Å². The molecule has 2 amide bonds. The first-order valence-corrected chi connectivity index (χ1v) is 7.08. The lowest BCUT2D eigenvalue weighted by atomic mass is 9.84. The molecule has 4 nitrogen and oxygen atoms in total. The predicted molar refractivity (Wildman–Crippen MR) is 81.7 cm³/mol. The highest BCUT2D eigenvalue weighted by molar-refractivity contribution is 6.12. The van der Waals surface area contributed by atoms with Crippen LogP contribution in [0.1, 0.15) is 38.6 Å². The lowest BCUT2D eigenvalue weighted by molar-refractivity contribution is -0.129. The number of likely N-dealkylation sites (N-methyl/N-ethyl adjacent to an activating group) is 1. The van der Waals surface area contributed by atoms with Crippen LogP contribution in [0, 0.1) is 0 Å². The Labute approximate surface area is 128 Å². The minimum atomic E-state index is -0.605. The van der Waals surface area contributed by atoms with E-state index in [0.717, 1.165) is 4.90 Å². The van der Waals surface area contributed by atoms with Crippen molar-refractivity contribution in [2.75, 3.05) is 7.05 Å². The van der Waals surface area contributed by atoms with Gasteiger partial charge in [0.2, 0.25) is 5.91 Å². The summed E-state index contributed by atoms with van der Waals surface area (Å²) < 4.78 is 0. The molecule has 0 N–H and O–H groups in total. The van der Waals surface area contributed by atoms with Crippen molar-refractivity contribution in [1.82, 2.24) is 4.90 Å². The Morgan fingerprint density at radius 2 is 1.64 bits per heavy atom. The molecule has 1 atom stereocenters. The van der Waals surface area contributed by atoms with Crippen LogP contribution in [0.3, 0.4) is 0 Å². The van der Waals surface area contributed by atoms with Crippen molar-refractivity contribution in [2.45, 2.75) is 12.3 Å². The number of carbonyl (C=O) groups is 3. The van der Waals surface area contributed by atoms with E-state index in [0.29, 0.717) is 16.7 Å². The molecule has 0 saturated heterocycles. The average molecular weight is 293 g/mol. The van der Waals surface area contributed by atoms with Crippen molar-refractivity contribution < 1.29 is 14.4 Å². The van der Waals surface area contributed by atoms with Gasteiger partial charge in [0.05, 0.1) is 5.92 Å². The van der Waals surface area contributed by atoms with Crippen molar-refractivity contribution in [2.24, 2.45) is 0 Å². The van der Waals surface area contributed by atoms with E-state index < -0.39 is 5.92 Å². The number of fused-ring (bicyclic) bond motifs is 1. The molecule has 0 fully saturated rings. The number of imide groups is 1. The van der Waals surface area contributed by atoms with Gasteiger partial charge in [-0.3, -0.25) is 19.3 Å². The van der Waals surface area contributed by atoms with E-state index in [4.69, 9.17) is 0 Å². The van der Waals surface area contributed by atoms with Crippen molar-refractivity contribution in [3.8, 4) is 0 Å². The van der Waals surface area contributed by atoms with Gasteiger partial charge in [0.15, 0.2) is 5.78 Å². The number of benzene rings is 2. The van der Waals surface area contributed by atoms with E-state index in [1.807, 2.05) is 6.07 Å². The Morgan fingerprint density at radius 1 is 1.00 bits per heavy atom. The Hall–Kier alpha value is -2.75. The van der Waals surface area contributed by atoms with Crippen LogP contribution in [0.25, 0.3) is 0 Å². The third-order valence-electron chi connectivity index (χ3n) is 3.99. The van der Waals surface area contributed by atoms with Gasteiger partial charge in [-0.05, 0) is 11.6 Å². The Kier molecular flexibility index (Phi) is 3.59. The zero-order chi connectivity index (χ0) is 15.7. The molecule has 0 aliphatic carbocycles. The molecule has 2 aromatic carbocycles. The first kappa shape index (κ1) is 14.2. The molecule has 1 aliphatic heterocycles. The summed E-state index contributed by atoms with van der Waals surface area (Å²) in [5, 5.41) is 0. The second-order valence-electron chi connectivity index (χ2n) is 5.34. The molecule has 0 aromatic heterocycles. The second-order valence-corrected chi connectivity index (χ2v) is 5.34. The maximum Gasteiger partial charge on any atom is 0.260 e. The molecule has 1 unspecified atom stereocenters. The van der Waals surface area contributed by atoms with E-state index in [-0.39, 0.29) is 24.0 Å². The van der Waals surface area contributed by atoms with Crippen LogP contribution in [0.2, 0.25) is 0 Å². The minimum Gasteiger partial charge on any atom is -0.294 e. The maximum absolute atomic E-state index is 12.4. The first-order chi connectivity index (χ1) is 10.6. The highest BCUT2D eigenvalue weighted by atomic mass is 16.2. The van der Waals surface area contributed by atoms with Gasteiger partial charge >= 0.3 is 0 Å². The molecule has 0 radical (unpaired) electrons. The maximum atomic E-state index is 12.4. The SMILES string of the molecule is CN1C(=O)c2ccccc2C(CC(=O)c2ccccc2)C1=O. The Bertz CT molecular complexity index is 752. The highest BCUT2D eigenvalue weighted by Gasteiger charge is 2.37. The highest BCUT2D eigenvalue weighted by Crippen LogP contribution is 2.32. The second kappa shape index (κ2) is 5.56. The Balaban J connectivity index is 1.96. The smallest absolute Gasteiger partial charge is 0.260 e. The van der Waals surface area contributed by atoms with Gasteiger partial charge in [0, 0.05) is 24.6 Å². The molecule has 1 aliphatic rings. The molecule has 4 heteroatoms. The van der Waals surface area contributed by atoms with E-state index >= 15 is 0 Å². The summed E-state index contributed by atoms with van der Waals surface area (Å²) in [5.74, 6) is -1.35. The van der Waals surface area contributed by atoms with Crippen molar-refractivity contribution in [3.63, 3.8) is 0 Å². The van der Waals surface area contributed by atoms with Crippen LogP contribution in [-0.2, 0) is 4.79 Å². The van der Waals surface area contributed by atoms with Crippen LogP contribution in [0.5, 0.6) is 0 Å². The standard InChI is InChI=1S/C18H15NO3/c1-19-17(21)14-10-6-5-9-13(14)15(18(19)22)11-16(20)12-7-3-2-4-8-12/h2-10,15H,11H2,1H3. The van der Waals surface area contributed by atoms with Gasteiger partial charge < -0.3 is 0 Å². The lowest BCUT2D eigenvalue weighted by Gasteiger charge is -2.29. The average Bonchev–Trinajstić information content (AvgIpc) is 2.57. The molecule has 0 bridgehead atoms. The fraction of sp³-hybridized carbons (Fsp3) is 0.167.